The molecule has 2 atom stereocenters. The Hall–Kier alpha value is -1.23. The fourth-order valence-corrected chi connectivity index (χ4v) is 4.21. The molecule has 2 amide bonds. The monoisotopic (exact) mass is 278 g/mol. The zero-order chi connectivity index (χ0) is 14.0. The van der Waals surface area contributed by atoms with E-state index in [1.54, 1.807) is 6.20 Å². The van der Waals surface area contributed by atoms with Crippen LogP contribution in [0.1, 0.15) is 38.5 Å². The van der Waals surface area contributed by atoms with Crippen LogP contribution in [0, 0.1) is 23.7 Å². The van der Waals surface area contributed by atoms with Gasteiger partial charge in [0.1, 0.15) is 0 Å². The topological polar surface area (TPSA) is 50.3 Å². The number of carbonyl (C=O) groups is 2. The summed E-state index contributed by atoms with van der Waals surface area (Å²) >= 11 is 1.41. The van der Waals surface area contributed by atoms with E-state index in [1.165, 1.54) is 16.2 Å². The molecule has 2 bridgehead atoms. The molecule has 1 saturated heterocycles. The molecule has 2 fully saturated rings. The molecule has 3 rings (SSSR count). The highest BCUT2D eigenvalue weighted by molar-refractivity contribution is 7.15. The summed E-state index contributed by atoms with van der Waals surface area (Å²) in [4.78, 5) is 32.0. The van der Waals surface area contributed by atoms with E-state index in [1.807, 2.05) is 27.7 Å². The van der Waals surface area contributed by atoms with Gasteiger partial charge in [-0.25, -0.2) is 9.88 Å². The van der Waals surface area contributed by atoms with E-state index in [0.717, 1.165) is 17.7 Å². The van der Waals surface area contributed by atoms with Crippen LogP contribution in [0.25, 0.3) is 0 Å². The van der Waals surface area contributed by atoms with E-state index < -0.39 is 5.41 Å². The van der Waals surface area contributed by atoms with Crippen molar-refractivity contribution in [3.63, 3.8) is 0 Å². The minimum atomic E-state index is -0.453. The summed E-state index contributed by atoms with van der Waals surface area (Å²) in [7, 11) is 0. The van der Waals surface area contributed by atoms with Crippen molar-refractivity contribution in [1.82, 2.24) is 4.98 Å². The predicted molar refractivity (Wildman–Crippen MR) is 74.0 cm³/mol. The number of carbonyl (C=O) groups excluding carboxylic acids is 2. The summed E-state index contributed by atoms with van der Waals surface area (Å²) < 4.78 is 0. The van der Waals surface area contributed by atoms with E-state index in [0.29, 0.717) is 5.13 Å². The smallest absolute Gasteiger partial charge is 0.242 e. The number of aryl methyl sites for hydroxylation is 1. The molecular formula is C14H18N2O2S. The predicted octanol–water partition coefficient (Wildman–Crippen LogP) is 2.77. The van der Waals surface area contributed by atoms with Crippen LogP contribution >= 0.6 is 11.3 Å². The third kappa shape index (κ3) is 1.42. The maximum atomic E-state index is 12.8. The molecule has 19 heavy (non-hydrogen) atoms. The number of aromatic nitrogens is 1. The number of hydrogen-bond acceptors (Lipinski definition) is 4. The van der Waals surface area contributed by atoms with E-state index in [-0.39, 0.29) is 23.1 Å². The molecule has 0 unspecified atom stereocenters. The number of nitrogens with zero attached hydrogens (tertiary/aromatic N) is 2. The lowest BCUT2D eigenvalue weighted by Gasteiger charge is -2.46. The Kier molecular flexibility index (Phi) is 2.46. The number of imide groups is 1. The van der Waals surface area contributed by atoms with Gasteiger partial charge in [0.05, 0.1) is 5.41 Å². The van der Waals surface area contributed by atoms with Crippen LogP contribution in [0.4, 0.5) is 5.13 Å². The SMILES string of the molecule is Cc1cnc(N2C(=O)[C@@H]3CC[C@@](C)(C2=O)C3(C)C)s1. The van der Waals surface area contributed by atoms with Crippen molar-refractivity contribution in [1.29, 1.82) is 0 Å². The van der Waals surface area contributed by atoms with Gasteiger partial charge in [0, 0.05) is 17.0 Å². The lowest BCUT2D eigenvalue weighted by molar-refractivity contribution is -0.146. The third-order valence-electron chi connectivity index (χ3n) is 5.22. The molecule has 1 aliphatic heterocycles. The second kappa shape index (κ2) is 3.66. The lowest BCUT2D eigenvalue weighted by Crippen LogP contribution is -2.59. The molecule has 0 aromatic carbocycles. The van der Waals surface area contributed by atoms with Crippen LogP contribution < -0.4 is 4.90 Å². The Morgan fingerprint density at radius 1 is 1.37 bits per heavy atom. The van der Waals surface area contributed by atoms with Gasteiger partial charge >= 0.3 is 0 Å². The first-order valence-electron chi connectivity index (χ1n) is 6.60. The molecule has 102 valence electrons. The van der Waals surface area contributed by atoms with Gasteiger partial charge in [-0.05, 0) is 25.2 Å². The fourth-order valence-electron chi connectivity index (χ4n) is 3.45. The highest BCUT2D eigenvalue weighted by atomic mass is 32.1. The number of hydrogen-bond donors (Lipinski definition) is 0. The minimum absolute atomic E-state index is 0.0700. The van der Waals surface area contributed by atoms with Crippen LogP contribution in [0.3, 0.4) is 0 Å². The molecule has 4 nitrogen and oxygen atoms in total. The van der Waals surface area contributed by atoms with Crippen molar-refractivity contribution < 1.29 is 9.59 Å². The molecule has 2 heterocycles. The summed E-state index contributed by atoms with van der Waals surface area (Å²) in [5.41, 5.74) is -0.713. The van der Waals surface area contributed by atoms with E-state index in [4.69, 9.17) is 0 Å². The largest absolute Gasteiger partial charge is 0.274 e. The molecule has 1 saturated carbocycles. The lowest BCUT2D eigenvalue weighted by atomic mass is 9.62. The Balaban J connectivity index is 2.11. The second-order valence-electron chi connectivity index (χ2n) is 6.38. The van der Waals surface area contributed by atoms with Gasteiger partial charge in [-0.2, -0.15) is 0 Å². The van der Waals surface area contributed by atoms with Crippen molar-refractivity contribution in [3.8, 4) is 0 Å². The number of fused-ring (bicyclic) bond motifs is 2. The van der Waals surface area contributed by atoms with Crippen LogP contribution in [0.2, 0.25) is 0 Å². The minimum Gasteiger partial charge on any atom is -0.274 e. The molecule has 5 heteroatoms. The Bertz CT molecular complexity index is 578. The number of piperidine rings is 1. The van der Waals surface area contributed by atoms with Crippen molar-refractivity contribution >= 4 is 28.3 Å². The van der Waals surface area contributed by atoms with Crippen molar-refractivity contribution in [3.05, 3.63) is 11.1 Å². The van der Waals surface area contributed by atoms with Gasteiger partial charge in [-0.1, -0.05) is 20.8 Å². The number of anilines is 1. The first-order chi connectivity index (χ1) is 8.79. The van der Waals surface area contributed by atoms with Crippen LogP contribution in [-0.4, -0.2) is 16.8 Å². The number of amides is 2. The van der Waals surface area contributed by atoms with Crippen LogP contribution in [0.15, 0.2) is 6.20 Å². The molecular weight excluding hydrogens is 260 g/mol. The first-order valence-corrected chi connectivity index (χ1v) is 7.41. The molecule has 0 N–H and O–H groups in total. The summed E-state index contributed by atoms with van der Waals surface area (Å²) in [6.45, 7) is 8.02. The zero-order valence-electron chi connectivity index (χ0n) is 11.7. The molecule has 1 aromatic heterocycles. The zero-order valence-corrected chi connectivity index (χ0v) is 12.5. The van der Waals surface area contributed by atoms with Crippen LogP contribution in [0.5, 0.6) is 0 Å². The van der Waals surface area contributed by atoms with Gasteiger partial charge in [-0.15, -0.1) is 11.3 Å². The standard InChI is InChI=1S/C14H18N2O2S/c1-8-7-15-12(19-8)16-10(17)9-5-6-14(4,11(16)18)13(9,2)3/h7,9H,5-6H2,1-4H3/t9-,14-/m0/s1. The van der Waals surface area contributed by atoms with E-state index in [2.05, 4.69) is 4.98 Å². The van der Waals surface area contributed by atoms with E-state index >= 15 is 0 Å². The molecule has 1 aliphatic carbocycles. The van der Waals surface area contributed by atoms with Crippen LogP contribution in [-0.2, 0) is 9.59 Å². The Labute approximate surface area is 116 Å². The average molecular weight is 278 g/mol. The summed E-state index contributed by atoms with van der Waals surface area (Å²) in [5.74, 6) is -0.218. The molecule has 2 aliphatic rings. The Morgan fingerprint density at radius 3 is 2.63 bits per heavy atom. The molecule has 0 spiro atoms. The van der Waals surface area contributed by atoms with Gasteiger partial charge < -0.3 is 0 Å². The summed E-state index contributed by atoms with van der Waals surface area (Å²) in [6.07, 6.45) is 3.30. The highest BCUT2D eigenvalue weighted by Crippen LogP contribution is 2.60. The number of thiazole rings is 1. The molecule has 1 aromatic rings. The summed E-state index contributed by atoms with van der Waals surface area (Å²) in [6, 6.07) is 0. The van der Waals surface area contributed by atoms with Gasteiger partial charge in [0.25, 0.3) is 0 Å². The first kappa shape index (κ1) is 12.8. The van der Waals surface area contributed by atoms with Gasteiger partial charge in [0.15, 0.2) is 5.13 Å². The maximum Gasteiger partial charge on any atom is 0.242 e. The quantitative estimate of drug-likeness (QED) is 0.742. The highest BCUT2D eigenvalue weighted by Gasteiger charge is 2.65. The Morgan fingerprint density at radius 2 is 2.05 bits per heavy atom. The molecule has 0 radical (unpaired) electrons. The average Bonchev–Trinajstić information content (AvgIpc) is 2.80. The normalized spacial score (nSPS) is 33.1. The summed E-state index contributed by atoms with van der Waals surface area (Å²) in [5, 5.41) is 0.529. The fraction of sp³-hybridized carbons (Fsp3) is 0.643. The maximum absolute atomic E-state index is 12.8. The third-order valence-corrected chi connectivity index (χ3v) is 6.12. The van der Waals surface area contributed by atoms with E-state index in [9.17, 15) is 9.59 Å². The van der Waals surface area contributed by atoms with Crippen molar-refractivity contribution in [2.75, 3.05) is 4.90 Å². The number of rotatable bonds is 1. The van der Waals surface area contributed by atoms with Crippen molar-refractivity contribution in [2.24, 2.45) is 16.7 Å². The van der Waals surface area contributed by atoms with Gasteiger partial charge in [0.2, 0.25) is 11.8 Å². The van der Waals surface area contributed by atoms with Gasteiger partial charge in [-0.3, -0.25) is 9.59 Å². The second-order valence-corrected chi connectivity index (χ2v) is 7.59. The van der Waals surface area contributed by atoms with Crippen molar-refractivity contribution in [2.45, 2.75) is 40.5 Å².